The quantitative estimate of drug-likeness (QED) is 0.393. The van der Waals surface area contributed by atoms with Gasteiger partial charge in [-0.3, -0.25) is 0 Å². The van der Waals surface area contributed by atoms with Crippen LogP contribution in [0.4, 0.5) is 0 Å². The first kappa shape index (κ1) is 22.3. The van der Waals surface area contributed by atoms with Crippen LogP contribution in [-0.2, 0) is 20.4 Å². The molecule has 3 rings (SSSR count). The molecule has 0 saturated carbocycles. The lowest BCUT2D eigenvalue weighted by Crippen LogP contribution is -2.35. The molecule has 2 aromatic rings. The van der Waals surface area contributed by atoms with Crippen molar-refractivity contribution in [2.75, 3.05) is 6.61 Å². The van der Waals surface area contributed by atoms with E-state index in [0.29, 0.717) is 6.61 Å². The Morgan fingerprint density at radius 1 is 1.07 bits per heavy atom. The van der Waals surface area contributed by atoms with Gasteiger partial charge in [0.15, 0.2) is 0 Å². The first-order valence-corrected chi connectivity index (χ1v) is 11.2. The molecule has 0 amide bonds. The van der Waals surface area contributed by atoms with E-state index in [0.717, 1.165) is 5.56 Å². The van der Waals surface area contributed by atoms with Gasteiger partial charge in [0.2, 0.25) is 0 Å². The fraction of sp³-hybridized carbons (Fsp3) is 0.464. The van der Waals surface area contributed by atoms with E-state index in [-0.39, 0.29) is 22.7 Å². The number of carbonyl (C=O) groups is 1. The van der Waals surface area contributed by atoms with Gasteiger partial charge in [0.1, 0.15) is 0 Å². The summed E-state index contributed by atoms with van der Waals surface area (Å²) in [5.41, 5.74) is 8.40. The molecule has 1 aliphatic rings. The van der Waals surface area contributed by atoms with E-state index < -0.39 is 0 Å². The molecule has 30 heavy (non-hydrogen) atoms. The molecule has 0 bridgehead atoms. The van der Waals surface area contributed by atoms with E-state index in [4.69, 9.17) is 4.74 Å². The third-order valence-corrected chi connectivity index (χ3v) is 6.71. The molecule has 0 aliphatic heterocycles. The molecule has 0 radical (unpaired) electrons. The number of aryl methyl sites for hydroxylation is 1. The monoisotopic (exact) mass is 404 g/mol. The zero-order valence-corrected chi connectivity index (χ0v) is 19.6. The number of fused-ring (bicyclic) bond motifs is 1. The minimum absolute atomic E-state index is 0.151. The maximum Gasteiger partial charge on any atom is 0.330 e. The first-order chi connectivity index (χ1) is 14.1. The maximum absolute atomic E-state index is 11.9. The Balaban J connectivity index is 2.13. The summed E-state index contributed by atoms with van der Waals surface area (Å²) < 4.78 is 5.06. The van der Waals surface area contributed by atoms with E-state index in [1.165, 1.54) is 46.7 Å². The fourth-order valence-electron chi connectivity index (χ4n) is 4.90. The number of hydrogen-bond acceptors (Lipinski definition) is 2. The molecule has 1 aliphatic carbocycles. The highest BCUT2D eigenvalue weighted by molar-refractivity contribution is 5.87. The van der Waals surface area contributed by atoms with Crippen molar-refractivity contribution in [2.45, 2.75) is 78.1 Å². The van der Waals surface area contributed by atoms with Crippen molar-refractivity contribution in [1.82, 2.24) is 0 Å². The van der Waals surface area contributed by atoms with Crippen LogP contribution in [0.25, 0.3) is 6.08 Å². The van der Waals surface area contributed by atoms with E-state index in [9.17, 15) is 4.79 Å². The molecular formula is C28H36O2. The van der Waals surface area contributed by atoms with E-state index >= 15 is 0 Å². The normalized spacial score (nSPS) is 18.1. The summed E-state index contributed by atoms with van der Waals surface area (Å²) in [6.07, 6.45) is 5.83. The maximum atomic E-state index is 11.9. The Kier molecular flexibility index (Phi) is 6.26. The van der Waals surface area contributed by atoms with E-state index in [2.05, 4.69) is 71.9 Å². The number of benzene rings is 2. The zero-order chi connectivity index (χ0) is 22.1. The molecule has 0 N–H and O–H groups in total. The molecule has 0 heterocycles. The van der Waals surface area contributed by atoms with Gasteiger partial charge in [0.25, 0.3) is 0 Å². The van der Waals surface area contributed by atoms with Crippen molar-refractivity contribution < 1.29 is 9.53 Å². The lowest BCUT2D eigenvalue weighted by atomic mass is 9.60. The Morgan fingerprint density at radius 2 is 1.73 bits per heavy atom. The van der Waals surface area contributed by atoms with Crippen LogP contribution in [0.2, 0.25) is 0 Å². The Hall–Kier alpha value is -2.35. The highest BCUT2D eigenvalue weighted by atomic mass is 16.5. The predicted octanol–water partition coefficient (Wildman–Crippen LogP) is 7.07. The van der Waals surface area contributed by atoms with Gasteiger partial charge in [-0.25, -0.2) is 4.79 Å². The van der Waals surface area contributed by atoms with Gasteiger partial charge in [0.05, 0.1) is 6.61 Å². The molecule has 2 heteroatoms. The molecule has 1 atom stereocenters. The van der Waals surface area contributed by atoms with E-state index in [1.807, 2.05) is 19.1 Å². The third-order valence-electron chi connectivity index (χ3n) is 6.71. The molecule has 2 aromatic carbocycles. The highest BCUT2D eigenvalue weighted by Gasteiger charge is 2.39. The van der Waals surface area contributed by atoms with Crippen LogP contribution in [0.3, 0.4) is 0 Å². The number of rotatable bonds is 5. The molecule has 0 aromatic heterocycles. The molecule has 160 valence electrons. The smallest absolute Gasteiger partial charge is 0.330 e. The van der Waals surface area contributed by atoms with Gasteiger partial charge >= 0.3 is 5.97 Å². The Labute approximate surface area is 182 Å². The van der Waals surface area contributed by atoms with Crippen LogP contribution >= 0.6 is 0 Å². The summed E-state index contributed by atoms with van der Waals surface area (Å²) in [5, 5.41) is 0. The predicted molar refractivity (Wildman–Crippen MR) is 126 cm³/mol. The first-order valence-electron chi connectivity index (χ1n) is 11.2. The minimum Gasteiger partial charge on any atom is -0.463 e. The molecular weight excluding hydrogens is 368 g/mol. The van der Waals surface area contributed by atoms with Crippen LogP contribution in [0.1, 0.15) is 93.7 Å². The molecule has 0 spiro atoms. The van der Waals surface area contributed by atoms with Crippen LogP contribution < -0.4 is 0 Å². The van der Waals surface area contributed by atoms with Crippen molar-refractivity contribution in [3.05, 3.63) is 75.9 Å². The van der Waals surface area contributed by atoms with Gasteiger partial charge < -0.3 is 4.74 Å². The molecule has 0 saturated heterocycles. The van der Waals surface area contributed by atoms with Gasteiger partial charge in [-0.05, 0) is 71.4 Å². The van der Waals surface area contributed by atoms with Gasteiger partial charge in [-0.2, -0.15) is 0 Å². The standard InChI is InChI=1S/C28H36O2/c1-8-30-25(29)14-13-21-11-9-10-12-22(21)20(3)23-17-19(2)18-24-26(23)28(6,7)16-15-27(24,4)5/h9-14,17-18,20H,8,15-16H2,1-7H3/b14-13+. The lowest BCUT2D eigenvalue weighted by molar-refractivity contribution is -0.137. The second-order valence-electron chi connectivity index (χ2n) is 9.98. The van der Waals surface area contributed by atoms with Crippen molar-refractivity contribution in [3.8, 4) is 0 Å². The average molecular weight is 405 g/mol. The molecule has 1 unspecified atom stereocenters. The second kappa shape index (κ2) is 8.41. The highest BCUT2D eigenvalue weighted by Crippen LogP contribution is 2.49. The van der Waals surface area contributed by atoms with E-state index in [1.54, 1.807) is 0 Å². The lowest BCUT2D eigenvalue weighted by Gasteiger charge is -2.44. The van der Waals surface area contributed by atoms with Crippen molar-refractivity contribution in [1.29, 1.82) is 0 Å². The molecule has 2 nitrogen and oxygen atoms in total. The second-order valence-corrected chi connectivity index (χ2v) is 9.98. The van der Waals surface area contributed by atoms with Crippen LogP contribution in [0.5, 0.6) is 0 Å². The van der Waals surface area contributed by atoms with Crippen molar-refractivity contribution in [2.24, 2.45) is 0 Å². The number of esters is 1. The van der Waals surface area contributed by atoms with Gasteiger partial charge in [0, 0.05) is 12.0 Å². The van der Waals surface area contributed by atoms with Crippen LogP contribution in [-0.4, -0.2) is 12.6 Å². The summed E-state index contributed by atoms with van der Waals surface area (Å²) >= 11 is 0. The Bertz CT molecular complexity index is 963. The number of hydrogen-bond donors (Lipinski definition) is 0. The zero-order valence-electron chi connectivity index (χ0n) is 19.6. The largest absolute Gasteiger partial charge is 0.463 e. The summed E-state index contributed by atoms with van der Waals surface area (Å²) in [5.74, 6) is -0.0642. The summed E-state index contributed by atoms with van der Waals surface area (Å²) in [7, 11) is 0. The van der Waals surface area contributed by atoms with Gasteiger partial charge in [-0.1, -0.05) is 76.6 Å². The Morgan fingerprint density at radius 3 is 2.43 bits per heavy atom. The van der Waals surface area contributed by atoms with Crippen molar-refractivity contribution in [3.63, 3.8) is 0 Å². The SMILES string of the molecule is CCOC(=O)/C=C/c1ccccc1C(C)c1cc(C)cc2c1C(C)(C)CCC2(C)C. The fourth-order valence-corrected chi connectivity index (χ4v) is 4.90. The van der Waals surface area contributed by atoms with Gasteiger partial charge in [-0.15, -0.1) is 0 Å². The summed E-state index contributed by atoms with van der Waals surface area (Å²) in [6, 6.07) is 13.2. The number of carbonyl (C=O) groups excluding carboxylic acids is 1. The summed E-state index contributed by atoms with van der Waals surface area (Å²) in [6.45, 7) is 16.3. The topological polar surface area (TPSA) is 26.3 Å². The average Bonchev–Trinajstić information content (AvgIpc) is 2.69. The van der Waals surface area contributed by atoms with Crippen LogP contribution in [0, 0.1) is 6.92 Å². The van der Waals surface area contributed by atoms with Crippen molar-refractivity contribution >= 4 is 12.0 Å². The minimum atomic E-state index is -0.296. The molecule has 0 fully saturated rings. The summed E-state index contributed by atoms with van der Waals surface area (Å²) in [4.78, 5) is 11.9. The third kappa shape index (κ3) is 4.38. The number of ether oxygens (including phenoxy) is 1. The van der Waals surface area contributed by atoms with Crippen LogP contribution in [0.15, 0.2) is 42.5 Å².